The summed E-state index contributed by atoms with van der Waals surface area (Å²) in [6, 6.07) is 13.1. The molecule has 0 aliphatic heterocycles. The maximum absolute atomic E-state index is 4.97. The molecule has 3 heteroatoms. The maximum atomic E-state index is 4.97. The van der Waals surface area contributed by atoms with Crippen LogP contribution in [0, 0.1) is 27.7 Å². The Balaban J connectivity index is 2.22. The van der Waals surface area contributed by atoms with E-state index < -0.39 is 0 Å². The molecule has 122 valence electrons. The van der Waals surface area contributed by atoms with Crippen LogP contribution in [0.3, 0.4) is 0 Å². The Bertz CT molecular complexity index is 1060. The maximum Gasteiger partial charge on any atom is 0.220 e. The van der Waals surface area contributed by atoms with Gasteiger partial charge in [-0.3, -0.25) is 8.97 Å². The Morgan fingerprint density at radius 1 is 0.917 bits per heavy atom. The summed E-state index contributed by atoms with van der Waals surface area (Å²) in [4.78, 5) is 4.97. The van der Waals surface area contributed by atoms with Gasteiger partial charge in [-0.25, -0.2) is 4.98 Å². The van der Waals surface area contributed by atoms with Crippen molar-refractivity contribution in [2.24, 2.45) is 0 Å². The predicted molar refractivity (Wildman–Crippen MR) is 100 cm³/mol. The normalized spacial score (nSPS) is 11.7. The minimum Gasteiger partial charge on any atom is -0.280 e. The minimum absolute atomic E-state index is 0.952. The first-order valence-electron chi connectivity index (χ1n) is 8.58. The first-order chi connectivity index (χ1) is 11.5. The highest BCUT2D eigenvalue weighted by atomic mass is 15.2. The highest BCUT2D eigenvalue weighted by molar-refractivity contribution is 5.84. The third-order valence-electron chi connectivity index (χ3n) is 4.95. The van der Waals surface area contributed by atoms with Crippen molar-refractivity contribution in [1.82, 2.24) is 14.0 Å². The van der Waals surface area contributed by atoms with Crippen LogP contribution in [0.5, 0.6) is 0 Å². The third kappa shape index (κ3) is 1.94. The van der Waals surface area contributed by atoms with Gasteiger partial charge in [0.2, 0.25) is 5.78 Å². The van der Waals surface area contributed by atoms with Gasteiger partial charge in [-0.15, -0.1) is 0 Å². The van der Waals surface area contributed by atoms with Crippen molar-refractivity contribution in [3.8, 4) is 5.69 Å². The standard InChI is InChI=1S/C21H23N3/c1-6-17-16(5)23-18-9-7-8-10-19(18)24(21(23)22-17)20-14(3)11-13(2)12-15(20)4/h7-12H,6H2,1-5H3. The van der Waals surface area contributed by atoms with E-state index in [1.807, 2.05) is 0 Å². The van der Waals surface area contributed by atoms with E-state index in [1.54, 1.807) is 0 Å². The predicted octanol–water partition coefficient (Wildman–Crippen LogP) is 5.07. The SMILES string of the molecule is CCc1nc2n(-c3c(C)cc(C)cc3C)c3ccccc3n2c1C. The lowest BCUT2D eigenvalue weighted by molar-refractivity contribution is 1.02. The fraction of sp³-hybridized carbons (Fsp3) is 0.286. The molecule has 0 spiro atoms. The molecule has 0 radical (unpaired) electrons. The number of hydrogen-bond donors (Lipinski definition) is 0. The van der Waals surface area contributed by atoms with Gasteiger partial charge in [0.15, 0.2) is 0 Å². The van der Waals surface area contributed by atoms with Crippen LogP contribution in [0.15, 0.2) is 36.4 Å². The quantitative estimate of drug-likeness (QED) is 0.506. The van der Waals surface area contributed by atoms with Crippen LogP contribution in [0.25, 0.3) is 22.5 Å². The van der Waals surface area contributed by atoms with Crippen LogP contribution in [0.2, 0.25) is 0 Å². The summed E-state index contributed by atoms with van der Waals surface area (Å²) in [5, 5.41) is 0. The van der Waals surface area contributed by atoms with Crippen LogP contribution in [0.1, 0.15) is 35.0 Å². The highest BCUT2D eigenvalue weighted by Gasteiger charge is 2.19. The highest BCUT2D eigenvalue weighted by Crippen LogP contribution is 2.31. The average Bonchev–Trinajstić information content (AvgIpc) is 3.02. The Morgan fingerprint density at radius 3 is 2.17 bits per heavy atom. The topological polar surface area (TPSA) is 22.2 Å². The number of hydrogen-bond acceptors (Lipinski definition) is 1. The van der Waals surface area contributed by atoms with E-state index in [4.69, 9.17) is 4.98 Å². The summed E-state index contributed by atoms with van der Waals surface area (Å²) in [6.07, 6.45) is 0.952. The third-order valence-corrected chi connectivity index (χ3v) is 4.95. The van der Waals surface area contributed by atoms with E-state index in [0.717, 1.165) is 12.2 Å². The van der Waals surface area contributed by atoms with Crippen LogP contribution >= 0.6 is 0 Å². The zero-order valence-electron chi connectivity index (χ0n) is 15.0. The molecule has 0 unspecified atom stereocenters. The molecule has 4 rings (SSSR count). The summed E-state index contributed by atoms with van der Waals surface area (Å²) >= 11 is 0. The Kier molecular flexibility index (Phi) is 3.27. The molecule has 24 heavy (non-hydrogen) atoms. The second kappa shape index (κ2) is 5.23. The summed E-state index contributed by atoms with van der Waals surface area (Å²) in [5.41, 5.74) is 9.97. The van der Waals surface area contributed by atoms with E-state index in [0.29, 0.717) is 0 Å². The number of benzene rings is 2. The van der Waals surface area contributed by atoms with Crippen molar-refractivity contribution in [1.29, 1.82) is 0 Å². The van der Waals surface area contributed by atoms with Gasteiger partial charge < -0.3 is 0 Å². The van der Waals surface area contributed by atoms with Gasteiger partial charge in [0.05, 0.1) is 22.4 Å². The van der Waals surface area contributed by atoms with Crippen molar-refractivity contribution >= 4 is 16.8 Å². The molecular formula is C21H23N3. The fourth-order valence-electron chi connectivity index (χ4n) is 4.00. The van der Waals surface area contributed by atoms with Crippen LogP contribution in [0.4, 0.5) is 0 Å². The molecule has 2 aromatic carbocycles. The van der Waals surface area contributed by atoms with Gasteiger partial charge in [0, 0.05) is 5.69 Å². The molecule has 0 amide bonds. The molecule has 0 aliphatic carbocycles. The molecule has 0 atom stereocenters. The Morgan fingerprint density at radius 2 is 1.54 bits per heavy atom. The number of para-hydroxylation sites is 2. The lowest BCUT2D eigenvalue weighted by Crippen LogP contribution is -2.02. The van der Waals surface area contributed by atoms with E-state index in [2.05, 4.69) is 80.0 Å². The van der Waals surface area contributed by atoms with Gasteiger partial charge in [-0.2, -0.15) is 0 Å². The Labute approximate surface area is 142 Å². The smallest absolute Gasteiger partial charge is 0.220 e. The van der Waals surface area contributed by atoms with Crippen molar-refractivity contribution in [2.45, 2.75) is 41.0 Å². The lowest BCUT2D eigenvalue weighted by atomic mass is 10.0. The number of fused-ring (bicyclic) bond motifs is 3. The molecule has 3 nitrogen and oxygen atoms in total. The molecule has 0 N–H and O–H groups in total. The fourth-order valence-corrected chi connectivity index (χ4v) is 4.00. The largest absolute Gasteiger partial charge is 0.280 e. The van der Waals surface area contributed by atoms with Crippen molar-refractivity contribution in [3.05, 3.63) is 64.5 Å². The van der Waals surface area contributed by atoms with Crippen molar-refractivity contribution < 1.29 is 0 Å². The van der Waals surface area contributed by atoms with Crippen molar-refractivity contribution in [2.75, 3.05) is 0 Å². The summed E-state index contributed by atoms with van der Waals surface area (Å²) < 4.78 is 4.62. The zero-order chi connectivity index (χ0) is 17.0. The molecule has 0 fully saturated rings. The van der Waals surface area contributed by atoms with Gasteiger partial charge >= 0.3 is 0 Å². The van der Waals surface area contributed by atoms with Gasteiger partial charge in [-0.1, -0.05) is 36.8 Å². The van der Waals surface area contributed by atoms with Gasteiger partial charge in [-0.05, 0) is 57.4 Å². The Hall–Kier alpha value is -2.55. The molecule has 2 heterocycles. The van der Waals surface area contributed by atoms with Crippen molar-refractivity contribution in [3.63, 3.8) is 0 Å². The first kappa shape index (κ1) is 15.0. The zero-order valence-corrected chi connectivity index (χ0v) is 15.0. The molecule has 0 aliphatic rings. The summed E-state index contributed by atoms with van der Waals surface area (Å²) in [7, 11) is 0. The number of aryl methyl sites for hydroxylation is 5. The molecular weight excluding hydrogens is 294 g/mol. The van der Waals surface area contributed by atoms with E-state index >= 15 is 0 Å². The second-order valence-corrected chi connectivity index (χ2v) is 6.70. The van der Waals surface area contributed by atoms with E-state index in [9.17, 15) is 0 Å². The summed E-state index contributed by atoms with van der Waals surface area (Å²) in [5.74, 6) is 1.01. The molecule has 0 saturated carbocycles. The molecule has 4 aromatic rings. The number of imidazole rings is 2. The van der Waals surface area contributed by atoms with Crippen LogP contribution < -0.4 is 0 Å². The van der Waals surface area contributed by atoms with E-state index in [1.165, 1.54) is 44.8 Å². The number of aromatic nitrogens is 3. The average molecular weight is 317 g/mol. The van der Waals surface area contributed by atoms with Crippen LogP contribution in [-0.2, 0) is 6.42 Å². The van der Waals surface area contributed by atoms with E-state index in [-0.39, 0.29) is 0 Å². The minimum atomic E-state index is 0.952. The monoisotopic (exact) mass is 317 g/mol. The molecule has 2 aromatic heterocycles. The van der Waals surface area contributed by atoms with Gasteiger partial charge in [0.1, 0.15) is 0 Å². The lowest BCUT2D eigenvalue weighted by Gasteiger charge is -2.13. The first-order valence-corrected chi connectivity index (χ1v) is 8.58. The van der Waals surface area contributed by atoms with Crippen LogP contribution in [-0.4, -0.2) is 14.0 Å². The van der Waals surface area contributed by atoms with Gasteiger partial charge in [0.25, 0.3) is 0 Å². The number of nitrogens with zero attached hydrogens (tertiary/aromatic N) is 3. The number of rotatable bonds is 2. The molecule has 0 bridgehead atoms. The summed E-state index contributed by atoms with van der Waals surface area (Å²) in [6.45, 7) is 10.9. The second-order valence-electron chi connectivity index (χ2n) is 6.70. The molecule has 0 saturated heterocycles.